The number of rotatable bonds is 3. The Balaban J connectivity index is 2.40. The minimum absolute atomic E-state index is 0.807. The second kappa shape index (κ2) is 4.86. The predicted octanol–water partition coefficient (Wildman–Crippen LogP) is 2.81. The van der Waals surface area contributed by atoms with E-state index in [4.69, 9.17) is 0 Å². The highest BCUT2D eigenvalue weighted by molar-refractivity contribution is 4.82. The van der Waals surface area contributed by atoms with Gasteiger partial charge in [0.1, 0.15) is 0 Å². The fourth-order valence-corrected chi connectivity index (χ4v) is 2.57. The second-order valence-corrected chi connectivity index (χ2v) is 4.36. The Morgan fingerprint density at radius 1 is 1.33 bits per heavy atom. The molecular formula is C11H23N. The van der Waals surface area contributed by atoms with Gasteiger partial charge in [-0.05, 0) is 44.6 Å². The molecule has 1 aliphatic rings. The molecule has 0 aliphatic heterocycles. The van der Waals surface area contributed by atoms with Crippen molar-refractivity contribution in [1.29, 1.82) is 0 Å². The minimum atomic E-state index is 0.807. The third-order valence-electron chi connectivity index (χ3n) is 3.27. The van der Waals surface area contributed by atoms with Gasteiger partial charge >= 0.3 is 0 Å². The molecule has 1 fully saturated rings. The third kappa shape index (κ3) is 2.48. The van der Waals surface area contributed by atoms with Crippen LogP contribution in [0, 0.1) is 11.8 Å². The van der Waals surface area contributed by atoms with E-state index in [-0.39, 0.29) is 0 Å². The minimum Gasteiger partial charge on any atom is -0.317 e. The second-order valence-electron chi connectivity index (χ2n) is 4.36. The summed E-state index contributed by atoms with van der Waals surface area (Å²) in [5.74, 6) is 1.91. The Labute approximate surface area is 76.9 Å². The monoisotopic (exact) mass is 169 g/mol. The quantitative estimate of drug-likeness (QED) is 0.685. The predicted molar refractivity (Wildman–Crippen MR) is 54.3 cm³/mol. The standard InChI is InChI=1S/C11H23N/c1-4-5-10-8-9(2)6-7-11(10)12-3/h9-12H,4-8H2,1-3H3. The maximum atomic E-state index is 3.46. The lowest BCUT2D eigenvalue weighted by Crippen LogP contribution is -2.38. The average molecular weight is 169 g/mol. The molecule has 1 saturated carbocycles. The van der Waals surface area contributed by atoms with Gasteiger partial charge in [0.25, 0.3) is 0 Å². The van der Waals surface area contributed by atoms with E-state index in [0.717, 1.165) is 17.9 Å². The van der Waals surface area contributed by atoms with Crippen molar-refractivity contribution in [2.75, 3.05) is 7.05 Å². The molecule has 1 heteroatoms. The first-order chi connectivity index (χ1) is 5.77. The molecule has 0 bridgehead atoms. The molecule has 0 spiro atoms. The van der Waals surface area contributed by atoms with E-state index >= 15 is 0 Å². The van der Waals surface area contributed by atoms with Crippen LogP contribution in [-0.4, -0.2) is 13.1 Å². The van der Waals surface area contributed by atoms with Gasteiger partial charge in [0.05, 0.1) is 0 Å². The van der Waals surface area contributed by atoms with Gasteiger partial charge in [-0.2, -0.15) is 0 Å². The van der Waals surface area contributed by atoms with Gasteiger partial charge in [0.2, 0.25) is 0 Å². The van der Waals surface area contributed by atoms with Crippen LogP contribution in [-0.2, 0) is 0 Å². The molecule has 0 amide bonds. The molecular weight excluding hydrogens is 146 g/mol. The van der Waals surface area contributed by atoms with Crippen molar-refractivity contribution in [2.24, 2.45) is 11.8 Å². The Morgan fingerprint density at radius 2 is 2.08 bits per heavy atom. The summed E-state index contributed by atoms with van der Waals surface area (Å²) in [5.41, 5.74) is 0. The van der Waals surface area contributed by atoms with Crippen LogP contribution >= 0.6 is 0 Å². The molecule has 3 unspecified atom stereocenters. The molecule has 72 valence electrons. The third-order valence-corrected chi connectivity index (χ3v) is 3.27. The molecule has 0 aromatic carbocycles. The maximum Gasteiger partial charge on any atom is 0.00925 e. The fourth-order valence-electron chi connectivity index (χ4n) is 2.57. The van der Waals surface area contributed by atoms with Crippen molar-refractivity contribution in [3.63, 3.8) is 0 Å². The summed E-state index contributed by atoms with van der Waals surface area (Å²) >= 11 is 0. The van der Waals surface area contributed by atoms with E-state index < -0.39 is 0 Å². The van der Waals surface area contributed by atoms with Crippen molar-refractivity contribution in [3.8, 4) is 0 Å². The van der Waals surface area contributed by atoms with E-state index in [1.54, 1.807) is 0 Å². The topological polar surface area (TPSA) is 12.0 Å². The van der Waals surface area contributed by atoms with Crippen molar-refractivity contribution in [2.45, 2.75) is 52.0 Å². The highest BCUT2D eigenvalue weighted by Gasteiger charge is 2.26. The molecule has 0 radical (unpaired) electrons. The first kappa shape index (κ1) is 10.0. The number of nitrogens with one attached hydrogen (secondary N) is 1. The summed E-state index contributed by atoms with van der Waals surface area (Å²) in [6.45, 7) is 4.69. The van der Waals surface area contributed by atoms with Crippen molar-refractivity contribution < 1.29 is 0 Å². The van der Waals surface area contributed by atoms with Crippen LogP contribution in [0.4, 0.5) is 0 Å². The molecule has 0 aromatic rings. The lowest BCUT2D eigenvalue weighted by Gasteiger charge is -2.34. The van der Waals surface area contributed by atoms with Crippen LogP contribution in [0.2, 0.25) is 0 Å². The SMILES string of the molecule is CCCC1CC(C)CCC1NC. The fraction of sp³-hybridized carbons (Fsp3) is 1.00. The number of hydrogen-bond donors (Lipinski definition) is 1. The Kier molecular flexibility index (Phi) is 4.07. The van der Waals surface area contributed by atoms with Gasteiger partial charge in [-0.1, -0.05) is 20.3 Å². The maximum absolute atomic E-state index is 3.46. The summed E-state index contributed by atoms with van der Waals surface area (Å²) < 4.78 is 0. The smallest absolute Gasteiger partial charge is 0.00925 e. The first-order valence-corrected chi connectivity index (χ1v) is 5.45. The van der Waals surface area contributed by atoms with Gasteiger partial charge in [0.15, 0.2) is 0 Å². The van der Waals surface area contributed by atoms with E-state index in [2.05, 4.69) is 26.2 Å². The van der Waals surface area contributed by atoms with Gasteiger partial charge in [-0.15, -0.1) is 0 Å². The lowest BCUT2D eigenvalue weighted by atomic mass is 9.77. The van der Waals surface area contributed by atoms with Crippen LogP contribution in [0.1, 0.15) is 46.0 Å². The van der Waals surface area contributed by atoms with Crippen LogP contribution in [0.15, 0.2) is 0 Å². The molecule has 1 aliphatic carbocycles. The van der Waals surface area contributed by atoms with E-state index in [1.807, 2.05) is 0 Å². The average Bonchev–Trinajstić information content (AvgIpc) is 2.05. The molecule has 1 rings (SSSR count). The Hall–Kier alpha value is -0.0400. The highest BCUT2D eigenvalue weighted by Crippen LogP contribution is 2.31. The lowest BCUT2D eigenvalue weighted by molar-refractivity contribution is 0.209. The Bertz CT molecular complexity index is 122. The first-order valence-electron chi connectivity index (χ1n) is 5.45. The zero-order valence-electron chi connectivity index (χ0n) is 8.77. The van der Waals surface area contributed by atoms with Gasteiger partial charge in [0, 0.05) is 6.04 Å². The van der Waals surface area contributed by atoms with E-state index in [0.29, 0.717) is 0 Å². The van der Waals surface area contributed by atoms with Crippen molar-refractivity contribution in [1.82, 2.24) is 5.32 Å². The zero-order valence-corrected chi connectivity index (χ0v) is 8.77. The molecule has 3 atom stereocenters. The highest BCUT2D eigenvalue weighted by atomic mass is 14.9. The summed E-state index contributed by atoms with van der Waals surface area (Å²) in [5, 5.41) is 3.46. The normalized spacial score (nSPS) is 36.8. The molecule has 0 heterocycles. The van der Waals surface area contributed by atoms with Crippen LogP contribution in [0.25, 0.3) is 0 Å². The summed E-state index contributed by atoms with van der Waals surface area (Å²) in [7, 11) is 2.11. The van der Waals surface area contributed by atoms with Crippen LogP contribution < -0.4 is 5.32 Å². The van der Waals surface area contributed by atoms with E-state index in [9.17, 15) is 0 Å². The van der Waals surface area contributed by atoms with E-state index in [1.165, 1.54) is 32.1 Å². The molecule has 0 saturated heterocycles. The summed E-state index contributed by atoms with van der Waals surface area (Å²) in [6, 6.07) is 0.807. The molecule has 0 aromatic heterocycles. The Morgan fingerprint density at radius 3 is 2.67 bits per heavy atom. The van der Waals surface area contributed by atoms with Crippen molar-refractivity contribution >= 4 is 0 Å². The zero-order chi connectivity index (χ0) is 8.97. The number of hydrogen-bond acceptors (Lipinski definition) is 1. The summed E-state index contributed by atoms with van der Waals surface area (Å²) in [6.07, 6.45) is 7.01. The van der Waals surface area contributed by atoms with Gasteiger partial charge in [-0.3, -0.25) is 0 Å². The summed E-state index contributed by atoms with van der Waals surface area (Å²) in [4.78, 5) is 0. The molecule has 1 nitrogen and oxygen atoms in total. The van der Waals surface area contributed by atoms with Crippen molar-refractivity contribution in [3.05, 3.63) is 0 Å². The largest absolute Gasteiger partial charge is 0.317 e. The van der Waals surface area contributed by atoms with Crippen LogP contribution in [0.3, 0.4) is 0 Å². The molecule has 1 N–H and O–H groups in total. The molecule has 12 heavy (non-hydrogen) atoms. The van der Waals surface area contributed by atoms with Gasteiger partial charge < -0.3 is 5.32 Å². The van der Waals surface area contributed by atoms with Gasteiger partial charge in [-0.25, -0.2) is 0 Å². The van der Waals surface area contributed by atoms with Crippen LogP contribution in [0.5, 0.6) is 0 Å².